The first-order valence-electron chi connectivity index (χ1n) is 11.8. The van der Waals surface area contributed by atoms with Crippen molar-refractivity contribution in [2.45, 2.75) is 71.4 Å². The highest BCUT2D eigenvalue weighted by Crippen LogP contribution is 2.37. The number of aromatic nitrogens is 1. The van der Waals surface area contributed by atoms with Crippen LogP contribution in [0.4, 0.5) is 16.2 Å². The Labute approximate surface area is 199 Å². The zero-order valence-electron chi connectivity index (χ0n) is 20.2. The van der Waals surface area contributed by atoms with E-state index in [0.717, 1.165) is 34.5 Å². The molecule has 2 aromatic rings. The molecule has 0 saturated heterocycles. The van der Waals surface area contributed by atoms with E-state index in [2.05, 4.69) is 20.9 Å². The van der Waals surface area contributed by atoms with Gasteiger partial charge in [-0.25, -0.2) is 4.79 Å². The van der Waals surface area contributed by atoms with E-state index < -0.39 is 11.7 Å². The fraction of sp³-hybridized carbons (Fsp3) is 0.462. The third-order valence-corrected chi connectivity index (χ3v) is 6.11. The van der Waals surface area contributed by atoms with Gasteiger partial charge in [0, 0.05) is 29.8 Å². The lowest BCUT2D eigenvalue weighted by Gasteiger charge is -2.25. The molecule has 2 aliphatic heterocycles. The minimum Gasteiger partial charge on any atom is -0.444 e. The summed E-state index contributed by atoms with van der Waals surface area (Å²) >= 11 is 0. The Bertz CT molecular complexity index is 1120. The highest BCUT2D eigenvalue weighted by molar-refractivity contribution is 6.01. The zero-order valence-corrected chi connectivity index (χ0v) is 20.2. The van der Waals surface area contributed by atoms with Crippen molar-refractivity contribution in [2.75, 3.05) is 10.6 Å². The molecule has 4 rings (SSSR count). The molecule has 3 heterocycles. The van der Waals surface area contributed by atoms with Crippen molar-refractivity contribution >= 4 is 29.3 Å². The molecule has 3 N–H and O–H groups in total. The number of amides is 3. The second-order valence-electron chi connectivity index (χ2n) is 10.1. The maximum atomic E-state index is 13.0. The van der Waals surface area contributed by atoms with Crippen molar-refractivity contribution in [3.05, 3.63) is 41.7 Å². The summed E-state index contributed by atoms with van der Waals surface area (Å²) in [7, 11) is 0. The number of hydrogen-bond acceptors (Lipinski definition) is 5. The number of hydrogen-bond donors (Lipinski definition) is 3. The summed E-state index contributed by atoms with van der Waals surface area (Å²) in [5, 5.41) is 8.95. The number of carbonyl (C=O) groups is 3. The van der Waals surface area contributed by atoms with Gasteiger partial charge in [-0.3, -0.25) is 14.6 Å². The van der Waals surface area contributed by atoms with Crippen molar-refractivity contribution in [2.24, 2.45) is 5.92 Å². The molecule has 0 spiro atoms. The fourth-order valence-corrected chi connectivity index (χ4v) is 4.34. The van der Waals surface area contributed by atoms with E-state index in [1.165, 1.54) is 0 Å². The first-order valence-corrected chi connectivity index (χ1v) is 11.8. The standard InChI is InChI=1S/C26H32N4O4/c1-15-6-5-7-19(30-25(33)34-26(2,3)4)22-13-16(10-11-27-22)18-12-17-8-9-23(31)28-20(17)14-21(18)29-24(15)32/h10-15,19H,5-9H2,1-4H3,(H,28,31)(H,29,32)(H,30,33)/t15-,19+/m1/s1. The van der Waals surface area contributed by atoms with E-state index in [1.807, 2.05) is 52.0 Å². The van der Waals surface area contributed by atoms with Gasteiger partial charge in [0.25, 0.3) is 0 Å². The number of nitrogens with zero attached hydrogens (tertiary/aromatic N) is 1. The van der Waals surface area contributed by atoms with Crippen LogP contribution in [0.1, 0.15) is 70.7 Å². The number of anilines is 2. The van der Waals surface area contributed by atoms with Gasteiger partial charge in [-0.1, -0.05) is 13.3 Å². The van der Waals surface area contributed by atoms with Gasteiger partial charge < -0.3 is 20.7 Å². The molecule has 0 fully saturated rings. The monoisotopic (exact) mass is 464 g/mol. The van der Waals surface area contributed by atoms with Gasteiger partial charge in [0.05, 0.1) is 17.4 Å². The van der Waals surface area contributed by atoms with Gasteiger partial charge in [0.15, 0.2) is 0 Å². The topological polar surface area (TPSA) is 109 Å². The normalized spacial score (nSPS) is 20.5. The SMILES string of the molecule is C[C@@H]1CCC[C@H](NC(=O)OC(C)(C)C)c2cc(ccn2)-c2cc3c(cc2NC1=O)NC(=O)CC3. The summed E-state index contributed by atoms with van der Waals surface area (Å²) in [6, 6.07) is 7.36. The first kappa shape index (κ1) is 23.7. The maximum absolute atomic E-state index is 13.0. The Morgan fingerprint density at radius 1 is 1.09 bits per heavy atom. The van der Waals surface area contributed by atoms with E-state index >= 15 is 0 Å². The number of nitrogens with one attached hydrogen (secondary N) is 3. The van der Waals surface area contributed by atoms with Crippen molar-refractivity contribution in [3.8, 4) is 11.1 Å². The van der Waals surface area contributed by atoms with Gasteiger partial charge >= 0.3 is 6.09 Å². The van der Waals surface area contributed by atoms with Gasteiger partial charge in [0.1, 0.15) is 5.60 Å². The smallest absolute Gasteiger partial charge is 0.408 e. The molecular formula is C26H32N4O4. The van der Waals surface area contributed by atoms with Crippen molar-refractivity contribution in [1.82, 2.24) is 10.3 Å². The number of carbonyl (C=O) groups excluding carboxylic acids is 3. The van der Waals surface area contributed by atoms with Crippen molar-refractivity contribution < 1.29 is 19.1 Å². The predicted molar refractivity (Wildman–Crippen MR) is 130 cm³/mol. The van der Waals surface area contributed by atoms with Crippen molar-refractivity contribution in [1.29, 1.82) is 0 Å². The summed E-state index contributed by atoms with van der Waals surface area (Å²) < 4.78 is 5.47. The highest BCUT2D eigenvalue weighted by Gasteiger charge is 2.25. The van der Waals surface area contributed by atoms with Crippen LogP contribution >= 0.6 is 0 Å². The number of fused-ring (bicyclic) bond motifs is 5. The number of benzene rings is 1. The summed E-state index contributed by atoms with van der Waals surface area (Å²) in [4.78, 5) is 42.0. The molecule has 1 aromatic heterocycles. The maximum Gasteiger partial charge on any atom is 0.408 e. The summed E-state index contributed by atoms with van der Waals surface area (Å²) in [5.74, 6) is -0.316. The Morgan fingerprint density at radius 2 is 1.88 bits per heavy atom. The highest BCUT2D eigenvalue weighted by atomic mass is 16.6. The summed E-state index contributed by atoms with van der Waals surface area (Å²) in [6.07, 6.45) is 4.32. The number of rotatable bonds is 1. The molecule has 3 amide bonds. The van der Waals surface area contributed by atoms with Crippen molar-refractivity contribution in [3.63, 3.8) is 0 Å². The average molecular weight is 465 g/mol. The Kier molecular flexibility index (Phi) is 6.59. The van der Waals surface area contributed by atoms with Crippen LogP contribution in [0.25, 0.3) is 11.1 Å². The molecule has 1 aromatic carbocycles. The van der Waals surface area contributed by atoms with E-state index in [4.69, 9.17) is 4.74 Å². The van der Waals surface area contributed by atoms with E-state index in [0.29, 0.717) is 31.4 Å². The molecule has 2 aliphatic rings. The third kappa shape index (κ3) is 5.55. The van der Waals surface area contributed by atoms with Crippen LogP contribution in [-0.4, -0.2) is 28.5 Å². The van der Waals surface area contributed by atoms with Crippen LogP contribution in [0, 0.1) is 5.92 Å². The third-order valence-electron chi connectivity index (χ3n) is 6.11. The zero-order chi connectivity index (χ0) is 24.5. The van der Waals surface area contributed by atoms with Gasteiger partial charge in [-0.15, -0.1) is 0 Å². The molecule has 8 nitrogen and oxygen atoms in total. The lowest BCUT2D eigenvalue weighted by atomic mass is 9.92. The molecule has 0 radical (unpaired) electrons. The molecule has 2 atom stereocenters. The van der Waals surface area contributed by atoms with Crippen LogP contribution in [0.15, 0.2) is 30.5 Å². The average Bonchev–Trinajstić information content (AvgIpc) is 2.76. The Morgan fingerprint density at radius 3 is 2.65 bits per heavy atom. The lowest BCUT2D eigenvalue weighted by Crippen LogP contribution is -2.35. The molecular weight excluding hydrogens is 432 g/mol. The second-order valence-corrected chi connectivity index (χ2v) is 10.1. The van der Waals surface area contributed by atoms with Crippen LogP contribution in [0.3, 0.4) is 0 Å². The molecule has 8 heteroatoms. The van der Waals surface area contributed by atoms with E-state index in [-0.39, 0.29) is 23.8 Å². The van der Waals surface area contributed by atoms with Crippen LogP contribution < -0.4 is 16.0 Å². The quantitative estimate of drug-likeness (QED) is 0.553. The predicted octanol–water partition coefficient (Wildman–Crippen LogP) is 4.96. The number of pyridine rings is 1. The fourth-order valence-electron chi connectivity index (χ4n) is 4.34. The molecule has 0 aliphatic carbocycles. The Hall–Kier alpha value is -3.42. The molecule has 0 unspecified atom stereocenters. The minimum absolute atomic E-state index is 0.0254. The van der Waals surface area contributed by atoms with Gasteiger partial charge in [0.2, 0.25) is 11.8 Å². The second kappa shape index (κ2) is 9.44. The summed E-state index contributed by atoms with van der Waals surface area (Å²) in [5.41, 5.74) is 4.26. The number of alkyl carbamates (subject to hydrolysis) is 1. The van der Waals surface area contributed by atoms with E-state index in [9.17, 15) is 14.4 Å². The number of ether oxygens (including phenoxy) is 1. The molecule has 34 heavy (non-hydrogen) atoms. The van der Waals surface area contributed by atoms with Gasteiger partial charge in [-0.2, -0.15) is 0 Å². The van der Waals surface area contributed by atoms with Gasteiger partial charge in [-0.05, 0) is 75.4 Å². The Balaban J connectivity index is 1.76. The molecule has 0 saturated carbocycles. The lowest BCUT2D eigenvalue weighted by molar-refractivity contribution is -0.119. The molecule has 2 bridgehead atoms. The van der Waals surface area contributed by atoms with Crippen LogP contribution in [-0.2, 0) is 20.7 Å². The first-order chi connectivity index (χ1) is 16.1. The largest absolute Gasteiger partial charge is 0.444 e. The number of aryl methyl sites for hydroxylation is 1. The van der Waals surface area contributed by atoms with E-state index in [1.54, 1.807) is 6.20 Å². The molecule has 180 valence electrons. The van der Waals surface area contributed by atoms with Crippen LogP contribution in [0.2, 0.25) is 0 Å². The van der Waals surface area contributed by atoms with Crippen LogP contribution in [0.5, 0.6) is 0 Å². The summed E-state index contributed by atoms with van der Waals surface area (Å²) in [6.45, 7) is 7.38. The minimum atomic E-state index is -0.606.